The minimum absolute atomic E-state index is 0.0572. The van der Waals surface area contributed by atoms with E-state index in [-0.39, 0.29) is 5.91 Å². The summed E-state index contributed by atoms with van der Waals surface area (Å²) in [6.07, 6.45) is 0.851. The van der Waals surface area contributed by atoms with Gasteiger partial charge in [0.25, 0.3) is 5.91 Å². The number of hydrogen-bond acceptors (Lipinski definition) is 2. The van der Waals surface area contributed by atoms with Gasteiger partial charge in [-0.05, 0) is 23.6 Å². The van der Waals surface area contributed by atoms with E-state index in [9.17, 15) is 4.79 Å². The zero-order chi connectivity index (χ0) is 15.1. The number of carbonyl (C=O) groups is 1. The van der Waals surface area contributed by atoms with E-state index < -0.39 is 0 Å². The standard InChI is InChI=1S/C18H22N2O/c1-2-16-10-6-7-11-17(16)18(21)20(13-12-19)14-15-8-4-3-5-9-15/h3-11H,2,12-14,19H2,1H3. The van der Waals surface area contributed by atoms with E-state index in [1.807, 2.05) is 59.5 Å². The molecule has 0 atom stereocenters. The minimum Gasteiger partial charge on any atom is -0.333 e. The van der Waals surface area contributed by atoms with Crippen LogP contribution >= 0.6 is 0 Å². The third kappa shape index (κ3) is 3.92. The molecule has 3 nitrogen and oxygen atoms in total. The molecule has 2 rings (SSSR count). The highest BCUT2D eigenvalue weighted by Gasteiger charge is 2.17. The molecule has 0 saturated carbocycles. The molecule has 0 aliphatic carbocycles. The summed E-state index contributed by atoms with van der Waals surface area (Å²) in [6, 6.07) is 17.8. The monoisotopic (exact) mass is 282 g/mol. The Bertz CT molecular complexity index is 581. The number of rotatable bonds is 6. The van der Waals surface area contributed by atoms with E-state index >= 15 is 0 Å². The van der Waals surface area contributed by atoms with Gasteiger partial charge in [0.15, 0.2) is 0 Å². The van der Waals surface area contributed by atoms with Crippen LogP contribution in [0.1, 0.15) is 28.4 Å². The number of carbonyl (C=O) groups excluding carboxylic acids is 1. The average molecular weight is 282 g/mol. The maximum absolute atomic E-state index is 12.8. The summed E-state index contributed by atoms with van der Waals surface area (Å²) in [4.78, 5) is 14.6. The maximum atomic E-state index is 12.8. The van der Waals surface area contributed by atoms with Crippen LogP contribution < -0.4 is 5.73 Å². The number of hydrogen-bond donors (Lipinski definition) is 1. The molecule has 0 aromatic heterocycles. The number of benzene rings is 2. The summed E-state index contributed by atoms with van der Waals surface area (Å²) in [6.45, 7) is 3.68. The summed E-state index contributed by atoms with van der Waals surface area (Å²) >= 11 is 0. The quantitative estimate of drug-likeness (QED) is 0.885. The molecule has 0 saturated heterocycles. The van der Waals surface area contributed by atoms with Crippen LogP contribution in [0.4, 0.5) is 0 Å². The zero-order valence-electron chi connectivity index (χ0n) is 12.5. The van der Waals surface area contributed by atoms with E-state index in [4.69, 9.17) is 5.73 Å². The molecule has 0 unspecified atom stereocenters. The Morgan fingerprint density at radius 3 is 2.38 bits per heavy atom. The Hall–Kier alpha value is -2.13. The number of nitrogens with two attached hydrogens (primary N) is 1. The first-order valence-electron chi connectivity index (χ1n) is 7.37. The van der Waals surface area contributed by atoms with Crippen molar-refractivity contribution >= 4 is 5.91 Å². The van der Waals surface area contributed by atoms with Gasteiger partial charge in [-0.1, -0.05) is 55.5 Å². The van der Waals surface area contributed by atoms with Crippen LogP contribution in [0.5, 0.6) is 0 Å². The van der Waals surface area contributed by atoms with Gasteiger partial charge >= 0.3 is 0 Å². The summed E-state index contributed by atoms with van der Waals surface area (Å²) in [7, 11) is 0. The Balaban J connectivity index is 2.23. The molecule has 3 heteroatoms. The molecule has 0 aliphatic rings. The lowest BCUT2D eigenvalue weighted by atomic mass is 10.0. The highest BCUT2D eigenvalue weighted by atomic mass is 16.2. The highest BCUT2D eigenvalue weighted by Crippen LogP contribution is 2.14. The molecule has 0 radical (unpaired) electrons. The number of amides is 1. The molecular weight excluding hydrogens is 260 g/mol. The summed E-state index contributed by atoms with van der Waals surface area (Å²) in [5, 5.41) is 0. The Kier molecular flexibility index (Phi) is 5.52. The van der Waals surface area contributed by atoms with Gasteiger partial charge < -0.3 is 10.6 Å². The molecule has 110 valence electrons. The van der Waals surface area contributed by atoms with Crippen LogP contribution in [0.15, 0.2) is 54.6 Å². The fourth-order valence-electron chi connectivity index (χ4n) is 2.42. The van der Waals surface area contributed by atoms with E-state index in [0.29, 0.717) is 19.6 Å². The molecule has 0 fully saturated rings. The molecule has 2 aromatic rings. The van der Waals surface area contributed by atoms with E-state index in [1.165, 1.54) is 0 Å². The van der Waals surface area contributed by atoms with Crippen LogP contribution in [0, 0.1) is 0 Å². The predicted molar refractivity (Wildman–Crippen MR) is 86.1 cm³/mol. The third-order valence-corrected chi connectivity index (χ3v) is 3.53. The van der Waals surface area contributed by atoms with Gasteiger partial charge in [-0.2, -0.15) is 0 Å². The zero-order valence-corrected chi connectivity index (χ0v) is 12.5. The molecule has 0 aliphatic heterocycles. The molecule has 1 amide bonds. The maximum Gasteiger partial charge on any atom is 0.254 e. The van der Waals surface area contributed by atoms with E-state index in [1.54, 1.807) is 0 Å². The van der Waals surface area contributed by atoms with Crippen molar-refractivity contribution < 1.29 is 4.79 Å². The van der Waals surface area contributed by atoms with Crippen LogP contribution in [-0.2, 0) is 13.0 Å². The summed E-state index contributed by atoms with van der Waals surface area (Å²) in [5.41, 5.74) is 8.66. The van der Waals surface area contributed by atoms with E-state index in [0.717, 1.165) is 23.1 Å². The molecule has 21 heavy (non-hydrogen) atoms. The fraction of sp³-hybridized carbons (Fsp3) is 0.278. The molecule has 2 N–H and O–H groups in total. The van der Waals surface area contributed by atoms with E-state index in [2.05, 4.69) is 6.92 Å². The van der Waals surface area contributed by atoms with Crippen LogP contribution in [0.3, 0.4) is 0 Å². The first-order chi connectivity index (χ1) is 10.3. The van der Waals surface area contributed by atoms with Crippen molar-refractivity contribution in [2.75, 3.05) is 13.1 Å². The lowest BCUT2D eigenvalue weighted by Gasteiger charge is -2.23. The van der Waals surface area contributed by atoms with Gasteiger partial charge in [0.1, 0.15) is 0 Å². The minimum atomic E-state index is 0.0572. The van der Waals surface area contributed by atoms with Crippen molar-refractivity contribution in [2.24, 2.45) is 5.73 Å². The van der Waals surface area contributed by atoms with Crippen molar-refractivity contribution in [1.82, 2.24) is 4.90 Å². The third-order valence-electron chi connectivity index (χ3n) is 3.53. The SMILES string of the molecule is CCc1ccccc1C(=O)N(CCN)Cc1ccccc1. The van der Waals surface area contributed by atoms with Crippen LogP contribution in [0.25, 0.3) is 0 Å². The van der Waals surface area contributed by atoms with Crippen molar-refractivity contribution in [3.05, 3.63) is 71.3 Å². The van der Waals surface area contributed by atoms with Gasteiger partial charge in [0.05, 0.1) is 0 Å². The second-order valence-electron chi connectivity index (χ2n) is 5.01. The molecule has 2 aromatic carbocycles. The largest absolute Gasteiger partial charge is 0.333 e. The topological polar surface area (TPSA) is 46.3 Å². The average Bonchev–Trinajstić information content (AvgIpc) is 2.54. The van der Waals surface area contributed by atoms with Gasteiger partial charge in [0.2, 0.25) is 0 Å². The Morgan fingerprint density at radius 2 is 1.71 bits per heavy atom. The number of aryl methyl sites for hydroxylation is 1. The van der Waals surface area contributed by atoms with Gasteiger partial charge in [-0.25, -0.2) is 0 Å². The summed E-state index contributed by atoms with van der Waals surface area (Å²) in [5.74, 6) is 0.0572. The highest BCUT2D eigenvalue weighted by molar-refractivity contribution is 5.95. The van der Waals surface area contributed by atoms with Gasteiger partial charge in [0, 0.05) is 25.2 Å². The van der Waals surface area contributed by atoms with Gasteiger partial charge in [-0.3, -0.25) is 4.79 Å². The number of nitrogens with zero attached hydrogens (tertiary/aromatic N) is 1. The second-order valence-corrected chi connectivity index (χ2v) is 5.01. The predicted octanol–water partition coefficient (Wildman–Crippen LogP) is 2.85. The first kappa shape index (κ1) is 15.3. The smallest absolute Gasteiger partial charge is 0.254 e. The lowest BCUT2D eigenvalue weighted by Crippen LogP contribution is -2.35. The lowest BCUT2D eigenvalue weighted by molar-refractivity contribution is 0.0747. The molecule has 0 heterocycles. The second kappa shape index (κ2) is 7.60. The summed E-state index contributed by atoms with van der Waals surface area (Å²) < 4.78 is 0. The van der Waals surface area contributed by atoms with Crippen LogP contribution in [0.2, 0.25) is 0 Å². The molecule has 0 spiro atoms. The molecule has 0 bridgehead atoms. The Labute approximate surface area is 126 Å². The first-order valence-corrected chi connectivity index (χ1v) is 7.37. The van der Waals surface area contributed by atoms with Crippen molar-refractivity contribution in [3.63, 3.8) is 0 Å². The fourth-order valence-corrected chi connectivity index (χ4v) is 2.42. The van der Waals surface area contributed by atoms with Crippen LogP contribution in [-0.4, -0.2) is 23.9 Å². The Morgan fingerprint density at radius 1 is 1.05 bits per heavy atom. The van der Waals surface area contributed by atoms with Crippen molar-refractivity contribution in [2.45, 2.75) is 19.9 Å². The van der Waals surface area contributed by atoms with Crippen molar-refractivity contribution in [3.8, 4) is 0 Å². The molecular formula is C18H22N2O. The van der Waals surface area contributed by atoms with Gasteiger partial charge in [-0.15, -0.1) is 0 Å². The van der Waals surface area contributed by atoms with Crippen molar-refractivity contribution in [1.29, 1.82) is 0 Å². The normalized spacial score (nSPS) is 10.4.